The average Bonchev–Trinajstić information content (AvgIpc) is 2.67. The van der Waals surface area contributed by atoms with Gasteiger partial charge in [-0.3, -0.25) is 0 Å². The van der Waals surface area contributed by atoms with Crippen LogP contribution in [-0.4, -0.2) is 30.3 Å². The number of aromatic nitrogens is 2. The average molecular weight is 266 g/mol. The molecule has 1 rings (SSSR count). The number of hydrogen-bond donors (Lipinski definition) is 2. The molecule has 0 amide bonds. The third-order valence-corrected chi connectivity index (χ3v) is 3.67. The minimum Gasteiger partial charge on any atom is -0.335 e. The van der Waals surface area contributed by atoms with E-state index in [1.54, 1.807) is 0 Å². The quantitative estimate of drug-likeness (QED) is 0.763. The lowest BCUT2D eigenvalue weighted by atomic mass is 10.1. The largest absolute Gasteiger partial charge is 0.335 e. The smallest absolute Gasteiger partial charge is 0.257 e. The lowest BCUT2D eigenvalue weighted by Gasteiger charge is -2.12. The first-order valence-electron chi connectivity index (χ1n) is 5.04. The van der Waals surface area contributed by atoms with E-state index in [-0.39, 0.29) is 16.9 Å². The van der Waals surface area contributed by atoms with Crippen molar-refractivity contribution in [3.63, 3.8) is 0 Å². The van der Waals surface area contributed by atoms with Gasteiger partial charge >= 0.3 is 0 Å². The van der Waals surface area contributed by atoms with Gasteiger partial charge in [0.1, 0.15) is 0 Å². The Morgan fingerprint density at radius 1 is 1.56 bits per heavy atom. The first-order chi connectivity index (χ1) is 7.42. The summed E-state index contributed by atoms with van der Waals surface area (Å²) >= 11 is 5.99. The summed E-state index contributed by atoms with van der Waals surface area (Å²) in [6, 6.07) is 0. The molecule has 0 aliphatic heterocycles. The number of hydrogen-bond acceptors (Lipinski definition) is 3. The van der Waals surface area contributed by atoms with Crippen molar-refractivity contribution < 1.29 is 8.42 Å². The molecule has 0 bridgehead atoms. The van der Waals surface area contributed by atoms with Crippen molar-refractivity contribution in [2.24, 2.45) is 5.92 Å². The Morgan fingerprint density at radius 2 is 2.25 bits per heavy atom. The molecule has 7 heteroatoms. The molecule has 2 N–H and O–H groups in total. The zero-order chi connectivity index (χ0) is 12.2. The van der Waals surface area contributed by atoms with Gasteiger partial charge in [-0.2, -0.15) is 0 Å². The van der Waals surface area contributed by atoms with Crippen LogP contribution in [0.25, 0.3) is 0 Å². The summed E-state index contributed by atoms with van der Waals surface area (Å²) in [6.07, 6.45) is 3.35. The Bertz CT molecular complexity index is 402. The Hall–Kier alpha value is -0.590. The van der Waals surface area contributed by atoms with E-state index >= 15 is 0 Å². The highest BCUT2D eigenvalue weighted by molar-refractivity contribution is 7.89. The molecule has 92 valence electrons. The van der Waals surface area contributed by atoms with Crippen molar-refractivity contribution in [1.29, 1.82) is 0 Å². The molecule has 1 unspecified atom stereocenters. The molecule has 0 fully saturated rings. The normalized spacial score (nSPS) is 14.2. The molecule has 0 saturated heterocycles. The first-order valence-corrected chi connectivity index (χ1v) is 6.96. The lowest BCUT2D eigenvalue weighted by molar-refractivity contribution is 0.543. The molecule has 0 aromatic carbocycles. The van der Waals surface area contributed by atoms with Gasteiger partial charge in [-0.25, -0.2) is 18.1 Å². The minimum absolute atomic E-state index is 0.0564. The maximum Gasteiger partial charge on any atom is 0.257 e. The van der Waals surface area contributed by atoms with E-state index in [2.05, 4.69) is 14.7 Å². The molecule has 16 heavy (non-hydrogen) atoms. The summed E-state index contributed by atoms with van der Waals surface area (Å²) in [5, 5.41) is -0.140. The van der Waals surface area contributed by atoms with Crippen molar-refractivity contribution in [1.82, 2.24) is 14.7 Å². The SMILES string of the molecule is CC(C)CC(Cl)CNS(=O)(=O)c1cnc[nH]1. The van der Waals surface area contributed by atoms with Gasteiger partial charge < -0.3 is 4.98 Å². The van der Waals surface area contributed by atoms with Crippen molar-refractivity contribution in [2.45, 2.75) is 30.7 Å². The summed E-state index contributed by atoms with van der Waals surface area (Å²) in [5.41, 5.74) is 0. The van der Waals surface area contributed by atoms with Crippen molar-refractivity contribution in [3.8, 4) is 0 Å². The van der Waals surface area contributed by atoms with Crippen LogP contribution in [0.3, 0.4) is 0 Å². The van der Waals surface area contributed by atoms with Crippen molar-refractivity contribution in [2.75, 3.05) is 6.54 Å². The van der Waals surface area contributed by atoms with Gasteiger partial charge in [-0.05, 0) is 12.3 Å². The number of halogens is 1. The second-order valence-electron chi connectivity index (χ2n) is 3.99. The zero-order valence-electron chi connectivity index (χ0n) is 9.27. The molecule has 1 aromatic rings. The van der Waals surface area contributed by atoms with E-state index < -0.39 is 10.0 Å². The minimum atomic E-state index is -3.50. The predicted octanol–water partition coefficient (Wildman–Crippen LogP) is 1.34. The zero-order valence-corrected chi connectivity index (χ0v) is 10.8. The van der Waals surface area contributed by atoms with Crippen LogP contribution in [-0.2, 0) is 10.0 Å². The Kier molecular flexibility index (Phi) is 4.76. The summed E-state index contributed by atoms with van der Waals surface area (Å²) in [4.78, 5) is 6.19. The highest BCUT2D eigenvalue weighted by atomic mass is 35.5. The van der Waals surface area contributed by atoms with Crippen molar-refractivity contribution >= 4 is 21.6 Å². The van der Waals surface area contributed by atoms with Crippen LogP contribution in [0.2, 0.25) is 0 Å². The van der Waals surface area contributed by atoms with E-state index in [1.807, 2.05) is 13.8 Å². The fourth-order valence-electron chi connectivity index (χ4n) is 1.26. The van der Waals surface area contributed by atoms with Crippen LogP contribution in [0.1, 0.15) is 20.3 Å². The number of H-pyrrole nitrogens is 1. The number of rotatable bonds is 6. The second-order valence-corrected chi connectivity index (χ2v) is 6.35. The summed E-state index contributed by atoms with van der Waals surface area (Å²) in [5.74, 6) is 0.444. The van der Waals surface area contributed by atoms with E-state index in [9.17, 15) is 8.42 Å². The van der Waals surface area contributed by atoms with E-state index in [4.69, 9.17) is 11.6 Å². The van der Waals surface area contributed by atoms with E-state index in [0.29, 0.717) is 5.92 Å². The van der Waals surface area contributed by atoms with Crippen LogP contribution >= 0.6 is 11.6 Å². The molecule has 1 aromatic heterocycles. The Balaban J connectivity index is 2.49. The van der Waals surface area contributed by atoms with Gasteiger partial charge in [-0.15, -0.1) is 11.6 Å². The molecule has 0 aliphatic carbocycles. The molecule has 0 saturated carbocycles. The lowest BCUT2D eigenvalue weighted by Crippen LogP contribution is -2.30. The van der Waals surface area contributed by atoms with Crippen LogP contribution in [0, 0.1) is 5.92 Å². The number of imidazole rings is 1. The summed E-state index contributed by atoms with van der Waals surface area (Å²) in [7, 11) is -3.50. The number of alkyl halides is 1. The van der Waals surface area contributed by atoms with Gasteiger partial charge in [0, 0.05) is 11.9 Å². The standard InChI is InChI=1S/C9H16ClN3O2S/c1-7(2)3-8(10)4-13-16(14,15)9-5-11-6-12-9/h5-8,13H,3-4H2,1-2H3,(H,11,12). The van der Waals surface area contributed by atoms with Crippen LogP contribution in [0.15, 0.2) is 17.6 Å². The van der Waals surface area contributed by atoms with Gasteiger partial charge in [0.15, 0.2) is 5.03 Å². The second kappa shape index (κ2) is 5.65. The maximum absolute atomic E-state index is 11.6. The van der Waals surface area contributed by atoms with Crippen LogP contribution < -0.4 is 4.72 Å². The maximum atomic E-state index is 11.6. The molecular weight excluding hydrogens is 250 g/mol. The molecule has 0 aliphatic rings. The Labute approximate surface area is 101 Å². The molecular formula is C9H16ClN3O2S. The third-order valence-electron chi connectivity index (χ3n) is 1.98. The van der Waals surface area contributed by atoms with E-state index in [1.165, 1.54) is 12.5 Å². The molecule has 0 radical (unpaired) electrons. The fourth-order valence-corrected chi connectivity index (χ4v) is 2.77. The fraction of sp³-hybridized carbons (Fsp3) is 0.667. The van der Waals surface area contributed by atoms with E-state index in [0.717, 1.165) is 6.42 Å². The summed E-state index contributed by atoms with van der Waals surface area (Å²) in [6.45, 7) is 4.30. The van der Waals surface area contributed by atoms with Gasteiger partial charge in [-0.1, -0.05) is 13.8 Å². The number of nitrogens with one attached hydrogen (secondary N) is 2. The number of aromatic amines is 1. The first kappa shape index (κ1) is 13.5. The third kappa shape index (κ3) is 4.11. The summed E-state index contributed by atoms with van der Waals surface area (Å²) < 4.78 is 25.7. The van der Waals surface area contributed by atoms with Gasteiger partial charge in [0.2, 0.25) is 0 Å². The van der Waals surface area contributed by atoms with Gasteiger partial charge in [0.25, 0.3) is 10.0 Å². The predicted molar refractivity (Wildman–Crippen MR) is 62.9 cm³/mol. The monoisotopic (exact) mass is 265 g/mol. The topological polar surface area (TPSA) is 74.8 Å². The molecule has 1 heterocycles. The molecule has 1 atom stereocenters. The number of nitrogens with zero attached hydrogens (tertiary/aromatic N) is 1. The number of sulfonamides is 1. The van der Waals surface area contributed by atoms with Crippen molar-refractivity contribution in [3.05, 3.63) is 12.5 Å². The van der Waals surface area contributed by atoms with Gasteiger partial charge in [0.05, 0.1) is 12.5 Å². The van der Waals surface area contributed by atoms with Crippen LogP contribution in [0.5, 0.6) is 0 Å². The highest BCUT2D eigenvalue weighted by Gasteiger charge is 2.17. The van der Waals surface area contributed by atoms with Crippen LogP contribution in [0.4, 0.5) is 0 Å². The molecule has 5 nitrogen and oxygen atoms in total. The Morgan fingerprint density at radius 3 is 2.75 bits per heavy atom. The molecule has 0 spiro atoms. The highest BCUT2D eigenvalue weighted by Crippen LogP contribution is 2.10.